The third-order valence-corrected chi connectivity index (χ3v) is 3.02. The van der Waals surface area contributed by atoms with Crippen LogP contribution < -0.4 is 10.2 Å². The van der Waals surface area contributed by atoms with Crippen molar-refractivity contribution < 1.29 is 13.2 Å². The zero-order chi connectivity index (χ0) is 15.2. The van der Waals surface area contributed by atoms with E-state index in [0.29, 0.717) is 12.2 Å². The number of hydrogen-bond donors (Lipinski definition) is 1. The molecule has 0 bridgehead atoms. The number of nitrogens with one attached hydrogen (secondary N) is 1. The maximum Gasteiger partial charge on any atom is 0.405 e. The van der Waals surface area contributed by atoms with Crippen molar-refractivity contribution in [1.82, 2.24) is 5.32 Å². The van der Waals surface area contributed by atoms with Gasteiger partial charge in [0, 0.05) is 18.3 Å². The normalized spacial score (nSPS) is 11.9. The summed E-state index contributed by atoms with van der Waals surface area (Å²) in [5, 5.41) is 3.24. The Balaban J connectivity index is 2.95. The van der Waals surface area contributed by atoms with Crippen molar-refractivity contribution in [3.05, 3.63) is 29.8 Å². The van der Waals surface area contributed by atoms with Crippen molar-refractivity contribution in [3.8, 4) is 0 Å². The van der Waals surface area contributed by atoms with E-state index in [1.807, 2.05) is 12.1 Å². The van der Waals surface area contributed by atoms with Crippen molar-refractivity contribution in [1.29, 1.82) is 0 Å². The quantitative estimate of drug-likeness (QED) is 0.764. The first kappa shape index (κ1) is 16.8. The number of benzene rings is 1. The first-order chi connectivity index (χ1) is 9.35. The second kappa shape index (κ2) is 7.53. The Morgan fingerprint density at radius 2 is 1.85 bits per heavy atom. The lowest BCUT2D eigenvalue weighted by atomic mass is 10.1. The molecule has 20 heavy (non-hydrogen) atoms. The van der Waals surface area contributed by atoms with Crippen molar-refractivity contribution in [2.75, 3.05) is 18.0 Å². The van der Waals surface area contributed by atoms with E-state index in [1.54, 1.807) is 26.0 Å². The average molecular weight is 288 g/mol. The molecule has 0 amide bonds. The first-order valence-corrected chi connectivity index (χ1v) is 6.97. The molecular formula is C15H23F3N2. The van der Waals surface area contributed by atoms with Crippen LogP contribution in [0, 0.1) is 0 Å². The van der Waals surface area contributed by atoms with Crippen molar-refractivity contribution >= 4 is 5.69 Å². The molecule has 0 saturated carbocycles. The van der Waals surface area contributed by atoms with Crippen LogP contribution >= 0.6 is 0 Å². The highest BCUT2D eigenvalue weighted by molar-refractivity contribution is 5.54. The van der Waals surface area contributed by atoms with Crippen LogP contribution in [0.5, 0.6) is 0 Å². The van der Waals surface area contributed by atoms with Crippen LogP contribution in [0.3, 0.4) is 0 Å². The van der Waals surface area contributed by atoms with Crippen LogP contribution in [0.25, 0.3) is 0 Å². The second-order valence-electron chi connectivity index (χ2n) is 5.14. The summed E-state index contributed by atoms with van der Waals surface area (Å²) in [7, 11) is 0. The van der Waals surface area contributed by atoms with Gasteiger partial charge in [-0.25, -0.2) is 0 Å². The SMILES string of the molecule is CCCNCc1ccccc1N(CC(F)(F)F)C(C)C. The number of nitrogens with zero attached hydrogens (tertiary/aromatic N) is 1. The molecule has 0 atom stereocenters. The fraction of sp³-hybridized carbons (Fsp3) is 0.600. The van der Waals surface area contributed by atoms with Gasteiger partial charge in [-0.3, -0.25) is 0 Å². The Morgan fingerprint density at radius 3 is 2.40 bits per heavy atom. The molecule has 0 aliphatic heterocycles. The van der Waals surface area contributed by atoms with Crippen LogP contribution in [0.4, 0.5) is 18.9 Å². The molecule has 1 aromatic carbocycles. The summed E-state index contributed by atoms with van der Waals surface area (Å²) in [5.74, 6) is 0. The van der Waals surface area contributed by atoms with Gasteiger partial charge in [0.2, 0.25) is 0 Å². The van der Waals surface area contributed by atoms with Gasteiger partial charge < -0.3 is 10.2 Å². The monoisotopic (exact) mass is 288 g/mol. The summed E-state index contributed by atoms with van der Waals surface area (Å²) in [6.07, 6.45) is -3.20. The lowest BCUT2D eigenvalue weighted by molar-refractivity contribution is -0.120. The zero-order valence-electron chi connectivity index (χ0n) is 12.3. The minimum Gasteiger partial charge on any atom is -0.360 e. The minimum absolute atomic E-state index is 0.205. The van der Waals surface area contributed by atoms with Gasteiger partial charge >= 0.3 is 6.18 Å². The van der Waals surface area contributed by atoms with Crippen LogP contribution in [0.15, 0.2) is 24.3 Å². The number of alkyl halides is 3. The fourth-order valence-electron chi connectivity index (χ4n) is 2.08. The Morgan fingerprint density at radius 1 is 1.20 bits per heavy atom. The van der Waals surface area contributed by atoms with Gasteiger partial charge in [0.05, 0.1) is 0 Å². The number of para-hydroxylation sites is 1. The maximum absolute atomic E-state index is 12.7. The summed E-state index contributed by atoms with van der Waals surface area (Å²) in [6.45, 7) is 6.14. The summed E-state index contributed by atoms with van der Waals surface area (Å²) in [5.41, 5.74) is 1.56. The molecule has 0 aliphatic rings. The van der Waals surface area contributed by atoms with E-state index in [0.717, 1.165) is 18.5 Å². The number of halogens is 3. The molecule has 0 unspecified atom stereocenters. The lowest BCUT2D eigenvalue weighted by Gasteiger charge is -2.31. The fourth-order valence-corrected chi connectivity index (χ4v) is 2.08. The molecule has 0 radical (unpaired) electrons. The second-order valence-corrected chi connectivity index (χ2v) is 5.14. The van der Waals surface area contributed by atoms with E-state index >= 15 is 0 Å². The van der Waals surface area contributed by atoms with E-state index in [-0.39, 0.29) is 6.04 Å². The van der Waals surface area contributed by atoms with Gasteiger partial charge in [-0.2, -0.15) is 13.2 Å². The van der Waals surface area contributed by atoms with E-state index < -0.39 is 12.7 Å². The van der Waals surface area contributed by atoms with Gasteiger partial charge in [0.1, 0.15) is 6.54 Å². The predicted molar refractivity (Wildman–Crippen MR) is 77.0 cm³/mol. The van der Waals surface area contributed by atoms with Crippen LogP contribution in [0.2, 0.25) is 0 Å². The highest BCUT2D eigenvalue weighted by Gasteiger charge is 2.32. The molecule has 2 nitrogen and oxygen atoms in total. The first-order valence-electron chi connectivity index (χ1n) is 6.97. The van der Waals surface area contributed by atoms with E-state index in [9.17, 15) is 13.2 Å². The molecule has 0 fully saturated rings. The number of anilines is 1. The molecule has 1 aromatic rings. The molecule has 0 heterocycles. The standard InChI is InChI=1S/C15H23F3N2/c1-4-9-19-10-13-7-5-6-8-14(13)20(12(2)3)11-15(16,17)18/h5-8,12,19H,4,9-11H2,1-3H3. The molecular weight excluding hydrogens is 265 g/mol. The highest BCUT2D eigenvalue weighted by atomic mass is 19.4. The molecule has 0 aliphatic carbocycles. The smallest absolute Gasteiger partial charge is 0.360 e. The average Bonchev–Trinajstić information content (AvgIpc) is 2.36. The Hall–Kier alpha value is -1.23. The summed E-state index contributed by atoms with van der Waals surface area (Å²) >= 11 is 0. The van der Waals surface area contributed by atoms with Gasteiger partial charge in [-0.05, 0) is 38.4 Å². The maximum atomic E-state index is 12.7. The predicted octanol–water partition coefficient (Wildman–Crippen LogP) is 3.96. The molecule has 0 spiro atoms. The van der Waals surface area contributed by atoms with Crippen molar-refractivity contribution in [2.45, 2.75) is 46.0 Å². The van der Waals surface area contributed by atoms with Crippen LogP contribution in [0.1, 0.15) is 32.8 Å². The molecule has 1 rings (SSSR count). The van der Waals surface area contributed by atoms with Crippen LogP contribution in [-0.2, 0) is 6.54 Å². The summed E-state index contributed by atoms with van der Waals surface area (Å²) in [4.78, 5) is 1.41. The van der Waals surface area contributed by atoms with E-state index in [2.05, 4.69) is 12.2 Å². The highest BCUT2D eigenvalue weighted by Crippen LogP contribution is 2.27. The summed E-state index contributed by atoms with van der Waals surface area (Å²) in [6, 6.07) is 7.07. The molecule has 1 N–H and O–H groups in total. The number of rotatable bonds is 7. The van der Waals surface area contributed by atoms with Gasteiger partial charge in [0.25, 0.3) is 0 Å². The van der Waals surface area contributed by atoms with Crippen molar-refractivity contribution in [3.63, 3.8) is 0 Å². The Bertz CT molecular complexity index is 402. The third-order valence-electron chi connectivity index (χ3n) is 3.02. The largest absolute Gasteiger partial charge is 0.405 e. The zero-order valence-corrected chi connectivity index (χ0v) is 12.3. The molecule has 114 valence electrons. The van der Waals surface area contributed by atoms with Crippen molar-refractivity contribution in [2.24, 2.45) is 0 Å². The summed E-state index contributed by atoms with van der Waals surface area (Å²) < 4.78 is 38.2. The lowest BCUT2D eigenvalue weighted by Crippen LogP contribution is -2.40. The third kappa shape index (κ3) is 5.41. The van der Waals surface area contributed by atoms with E-state index in [1.165, 1.54) is 4.90 Å². The molecule has 0 saturated heterocycles. The topological polar surface area (TPSA) is 15.3 Å². The van der Waals surface area contributed by atoms with Crippen LogP contribution in [-0.4, -0.2) is 25.3 Å². The number of hydrogen-bond acceptors (Lipinski definition) is 2. The minimum atomic E-state index is -4.20. The van der Waals surface area contributed by atoms with Gasteiger partial charge in [-0.15, -0.1) is 0 Å². The van der Waals surface area contributed by atoms with Gasteiger partial charge in [0.15, 0.2) is 0 Å². The molecule has 0 aromatic heterocycles. The molecule has 5 heteroatoms. The Labute approximate surface area is 119 Å². The Kier molecular flexibility index (Phi) is 6.33. The van der Waals surface area contributed by atoms with E-state index in [4.69, 9.17) is 0 Å². The van der Waals surface area contributed by atoms with Gasteiger partial charge in [-0.1, -0.05) is 25.1 Å².